The molecule has 152 valence electrons. The van der Waals surface area contributed by atoms with Gasteiger partial charge in [-0.3, -0.25) is 9.59 Å². The number of benzene rings is 2. The van der Waals surface area contributed by atoms with Crippen molar-refractivity contribution >= 4 is 17.4 Å². The van der Waals surface area contributed by atoms with Crippen LogP contribution in [0.15, 0.2) is 54.1 Å². The van der Waals surface area contributed by atoms with Gasteiger partial charge in [0.25, 0.3) is 11.7 Å². The van der Waals surface area contributed by atoms with Gasteiger partial charge in [0.2, 0.25) is 0 Å². The lowest BCUT2D eigenvalue weighted by molar-refractivity contribution is -0.140. The number of phenolic OH excluding ortho intramolecular Hbond substituents is 1. The van der Waals surface area contributed by atoms with Crippen LogP contribution in [0.1, 0.15) is 17.2 Å². The van der Waals surface area contributed by atoms with Crippen molar-refractivity contribution in [2.45, 2.75) is 6.04 Å². The number of phenols is 1. The highest BCUT2D eigenvalue weighted by Crippen LogP contribution is 2.39. The van der Waals surface area contributed by atoms with Crippen molar-refractivity contribution < 1.29 is 34.0 Å². The van der Waals surface area contributed by atoms with Crippen molar-refractivity contribution in [3.8, 4) is 5.75 Å². The highest BCUT2D eigenvalue weighted by molar-refractivity contribution is 6.46. The minimum absolute atomic E-state index is 0.0328. The van der Waals surface area contributed by atoms with Gasteiger partial charge in [0.05, 0.1) is 31.4 Å². The fraction of sp³-hybridized carbons (Fsp3) is 0.238. The SMILES string of the molecule is O=C1C(=O)N(CCOCCO)C(c2cccc(O)c2)/C1=C(\O)c1ccc(F)cc1. The van der Waals surface area contributed by atoms with Gasteiger partial charge >= 0.3 is 0 Å². The maximum absolute atomic E-state index is 13.2. The topological polar surface area (TPSA) is 107 Å². The lowest BCUT2D eigenvalue weighted by Crippen LogP contribution is -2.33. The number of hydrogen-bond acceptors (Lipinski definition) is 6. The molecule has 1 atom stereocenters. The Kier molecular flexibility index (Phi) is 6.26. The van der Waals surface area contributed by atoms with Crippen molar-refractivity contribution in [1.29, 1.82) is 0 Å². The molecule has 1 saturated heterocycles. The number of ether oxygens (including phenoxy) is 1. The van der Waals surface area contributed by atoms with E-state index in [0.717, 1.165) is 12.1 Å². The van der Waals surface area contributed by atoms with E-state index in [1.165, 1.54) is 29.2 Å². The molecule has 0 spiro atoms. The third-order valence-electron chi connectivity index (χ3n) is 4.56. The van der Waals surface area contributed by atoms with Gasteiger partial charge in [0, 0.05) is 12.1 Å². The number of rotatable bonds is 7. The fourth-order valence-electron chi connectivity index (χ4n) is 3.24. The molecular weight excluding hydrogens is 381 g/mol. The number of halogens is 1. The van der Waals surface area contributed by atoms with Crippen LogP contribution < -0.4 is 0 Å². The Morgan fingerprint density at radius 1 is 1.10 bits per heavy atom. The highest BCUT2D eigenvalue weighted by atomic mass is 19.1. The summed E-state index contributed by atoms with van der Waals surface area (Å²) in [5.74, 6) is -2.72. The first-order valence-electron chi connectivity index (χ1n) is 8.96. The number of carbonyl (C=O) groups excluding carboxylic acids is 2. The van der Waals surface area contributed by atoms with Crippen LogP contribution in [-0.2, 0) is 14.3 Å². The monoisotopic (exact) mass is 401 g/mol. The Balaban J connectivity index is 2.07. The zero-order valence-corrected chi connectivity index (χ0v) is 15.4. The first-order chi connectivity index (χ1) is 13.9. The van der Waals surface area contributed by atoms with Crippen LogP contribution in [0.4, 0.5) is 4.39 Å². The molecule has 2 aromatic carbocycles. The Morgan fingerprint density at radius 2 is 1.83 bits per heavy atom. The molecule has 3 N–H and O–H groups in total. The van der Waals surface area contributed by atoms with E-state index in [1.807, 2.05) is 0 Å². The Labute approximate surface area is 166 Å². The van der Waals surface area contributed by atoms with Crippen molar-refractivity contribution in [3.05, 3.63) is 71.0 Å². The number of hydrogen-bond donors (Lipinski definition) is 3. The summed E-state index contributed by atoms with van der Waals surface area (Å²) in [6.07, 6.45) is 0. The van der Waals surface area contributed by atoms with Gasteiger partial charge in [-0.1, -0.05) is 12.1 Å². The molecule has 29 heavy (non-hydrogen) atoms. The van der Waals surface area contributed by atoms with Gasteiger partial charge in [-0.2, -0.15) is 0 Å². The van der Waals surface area contributed by atoms with E-state index >= 15 is 0 Å². The van der Waals surface area contributed by atoms with Crippen LogP contribution in [0, 0.1) is 5.82 Å². The van der Waals surface area contributed by atoms with Gasteiger partial charge in [-0.25, -0.2) is 4.39 Å². The zero-order valence-electron chi connectivity index (χ0n) is 15.4. The quantitative estimate of drug-likeness (QED) is 0.283. The standard InChI is InChI=1S/C21H20FNO6/c22-15-6-4-13(5-7-15)19(26)17-18(14-2-1-3-16(25)12-14)23(21(28)20(17)27)8-10-29-11-9-24/h1-7,12,18,24-26H,8-11H2/b19-17+. The molecule has 2 aromatic rings. The van der Waals surface area contributed by atoms with Gasteiger partial charge in [-0.15, -0.1) is 0 Å². The number of aliphatic hydroxyl groups excluding tert-OH is 2. The maximum Gasteiger partial charge on any atom is 0.295 e. The number of aromatic hydroxyl groups is 1. The van der Waals surface area contributed by atoms with Gasteiger partial charge in [0.1, 0.15) is 17.3 Å². The maximum atomic E-state index is 13.2. The summed E-state index contributed by atoms with van der Waals surface area (Å²) >= 11 is 0. The molecule has 1 fully saturated rings. The first kappa shape index (κ1) is 20.5. The second-order valence-corrected chi connectivity index (χ2v) is 6.43. The van der Waals surface area contributed by atoms with E-state index in [4.69, 9.17) is 9.84 Å². The van der Waals surface area contributed by atoms with E-state index in [1.54, 1.807) is 12.1 Å². The average Bonchev–Trinajstić information content (AvgIpc) is 2.96. The molecule has 8 heteroatoms. The predicted molar refractivity (Wildman–Crippen MR) is 101 cm³/mol. The molecule has 1 amide bonds. The molecule has 1 heterocycles. The van der Waals surface area contributed by atoms with Crippen LogP contribution in [0.2, 0.25) is 0 Å². The Morgan fingerprint density at radius 3 is 2.48 bits per heavy atom. The number of nitrogens with zero attached hydrogens (tertiary/aromatic N) is 1. The second kappa shape index (κ2) is 8.85. The summed E-state index contributed by atoms with van der Waals surface area (Å²) in [4.78, 5) is 26.6. The number of Topliss-reactive ketones (excluding diaryl/α,β-unsaturated/α-hetero) is 1. The molecule has 3 rings (SSSR count). The zero-order chi connectivity index (χ0) is 21.0. The average molecular weight is 401 g/mol. The van der Waals surface area contributed by atoms with Gasteiger partial charge in [0.15, 0.2) is 0 Å². The normalized spacial score (nSPS) is 18.4. The third kappa shape index (κ3) is 4.28. The van der Waals surface area contributed by atoms with Crippen LogP contribution in [-0.4, -0.2) is 58.3 Å². The van der Waals surface area contributed by atoms with Gasteiger partial charge in [-0.05, 0) is 42.0 Å². The van der Waals surface area contributed by atoms with Crippen LogP contribution in [0.5, 0.6) is 5.75 Å². The molecule has 7 nitrogen and oxygen atoms in total. The van der Waals surface area contributed by atoms with E-state index < -0.39 is 29.3 Å². The fourth-order valence-corrected chi connectivity index (χ4v) is 3.24. The number of amides is 1. The lowest BCUT2D eigenvalue weighted by Gasteiger charge is -2.25. The molecule has 0 aromatic heterocycles. The molecule has 0 bridgehead atoms. The molecule has 0 saturated carbocycles. The van der Waals surface area contributed by atoms with Gasteiger partial charge < -0.3 is 25.0 Å². The summed E-state index contributed by atoms with van der Waals surface area (Å²) in [5.41, 5.74) is 0.454. The summed E-state index contributed by atoms with van der Waals surface area (Å²) < 4.78 is 18.4. The smallest absolute Gasteiger partial charge is 0.295 e. The summed E-state index contributed by atoms with van der Waals surface area (Å²) in [6, 6.07) is 9.96. The number of ketones is 1. The number of likely N-dealkylation sites (tertiary alicyclic amines) is 1. The number of aliphatic hydroxyl groups is 2. The Bertz CT molecular complexity index is 940. The molecule has 1 aliphatic rings. The number of carbonyl (C=O) groups is 2. The van der Waals surface area contributed by atoms with Crippen molar-refractivity contribution in [2.24, 2.45) is 0 Å². The van der Waals surface area contributed by atoms with Crippen LogP contribution in [0.25, 0.3) is 5.76 Å². The molecule has 0 radical (unpaired) electrons. The first-order valence-corrected chi connectivity index (χ1v) is 8.96. The van der Waals surface area contributed by atoms with Crippen molar-refractivity contribution in [2.75, 3.05) is 26.4 Å². The van der Waals surface area contributed by atoms with E-state index in [-0.39, 0.29) is 43.3 Å². The van der Waals surface area contributed by atoms with Crippen molar-refractivity contribution in [1.82, 2.24) is 4.90 Å². The summed E-state index contributed by atoms with van der Waals surface area (Å²) in [6.45, 7) is 0.000243. The van der Waals surface area contributed by atoms with E-state index in [0.29, 0.717) is 5.56 Å². The minimum Gasteiger partial charge on any atom is -0.508 e. The summed E-state index contributed by atoms with van der Waals surface area (Å²) in [7, 11) is 0. The summed E-state index contributed by atoms with van der Waals surface area (Å²) in [5, 5.41) is 29.4. The Hall–Kier alpha value is -3.23. The molecule has 1 aliphatic heterocycles. The second-order valence-electron chi connectivity index (χ2n) is 6.43. The molecule has 0 aliphatic carbocycles. The third-order valence-corrected chi connectivity index (χ3v) is 4.56. The van der Waals surface area contributed by atoms with Crippen LogP contribution >= 0.6 is 0 Å². The minimum atomic E-state index is -0.954. The van der Waals surface area contributed by atoms with Crippen LogP contribution in [0.3, 0.4) is 0 Å². The molecule has 1 unspecified atom stereocenters. The van der Waals surface area contributed by atoms with E-state index in [9.17, 15) is 24.2 Å². The molecular formula is C21H20FNO6. The van der Waals surface area contributed by atoms with Crippen molar-refractivity contribution in [3.63, 3.8) is 0 Å². The predicted octanol–water partition coefficient (Wildman–Crippen LogP) is 1.96. The highest BCUT2D eigenvalue weighted by Gasteiger charge is 2.45. The largest absolute Gasteiger partial charge is 0.508 e. The lowest BCUT2D eigenvalue weighted by atomic mass is 9.95. The van der Waals surface area contributed by atoms with E-state index in [2.05, 4.69) is 0 Å².